The SMILES string of the molecule is O=C(CSc1nnc(N2CCOCC2)n1-c1cccc(F)c1)N1CCc2sccc2C1. The number of carbonyl (C=O) groups excluding carboxylic acids is 1. The van der Waals surface area contributed by atoms with Gasteiger partial charge in [0.2, 0.25) is 11.9 Å². The van der Waals surface area contributed by atoms with Gasteiger partial charge in [-0.15, -0.1) is 21.5 Å². The van der Waals surface area contributed by atoms with E-state index >= 15 is 0 Å². The average Bonchev–Trinajstić information content (AvgIpc) is 3.44. The second-order valence-electron chi connectivity index (χ2n) is 7.42. The first kappa shape index (κ1) is 20.5. The molecule has 0 N–H and O–H groups in total. The summed E-state index contributed by atoms with van der Waals surface area (Å²) < 4.78 is 21.2. The molecule has 5 rings (SSSR count). The summed E-state index contributed by atoms with van der Waals surface area (Å²) >= 11 is 3.10. The summed E-state index contributed by atoms with van der Waals surface area (Å²) in [7, 11) is 0. The molecule has 1 amide bonds. The van der Waals surface area contributed by atoms with E-state index < -0.39 is 0 Å². The molecule has 31 heavy (non-hydrogen) atoms. The summed E-state index contributed by atoms with van der Waals surface area (Å²) in [6.07, 6.45) is 0.907. The van der Waals surface area contributed by atoms with Gasteiger partial charge in [-0.05, 0) is 41.6 Å². The Kier molecular flexibility index (Phi) is 5.93. The standard InChI is InChI=1S/C21H22FN5O2S2/c22-16-2-1-3-17(12-16)27-20(25-7-9-29-10-8-25)23-24-21(27)31-14-19(28)26-6-4-18-15(13-26)5-11-30-18/h1-3,5,11-12H,4,6-10,13-14H2. The van der Waals surface area contributed by atoms with Gasteiger partial charge in [0.05, 0.1) is 24.7 Å². The predicted molar refractivity (Wildman–Crippen MR) is 119 cm³/mol. The first-order valence-electron chi connectivity index (χ1n) is 10.2. The van der Waals surface area contributed by atoms with E-state index in [9.17, 15) is 9.18 Å². The molecule has 2 aliphatic rings. The number of thioether (sulfide) groups is 1. The zero-order chi connectivity index (χ0) is 21.2. The van der Waals surface area contributed by atoms with Crippen molar-refractivity contribution in [3.8, 4) is 5.69 Å². The molecule has 0 atom stereocenters. The van der Waals surface area contributed by atoms with Crippen molar-refractivity contribution < 1.29 is 13.9 Å². The number of amides is 1. The maximum absolute atomic E-state index is 14.0. The van der Waals surface area contributed by atoms with Gasteiger partial charge in [0.25, 0.3) is 0 Å². The van der Waals surface area contributed by atoms with Crippen molar-refractivity contribution in [3.05, 3.63) is 52.0 Å². The molecule has 0 spiro atoms. The number of benzene rings is 1. The third-order valence-electron chi connectivity index (χ3n) is 5.46. The van der Waals surface area contributed by atoms with Crippen LogP contribution in [0.25, 0.3) is 5.69 Å². The molecule has 1 aromatic carbocycles. The van der Waals surface area contributed by atoms with Crippen molar-refractivity contribution in [3.63, 3.8) is 0 Å². The fourth-order valence-corrected chi connectivity index (χ4v) is 5.58. The number of thiophene rings is 1. The van der Waals surface area contributed by atoms with Crippen LogP contribution in [0.15, 0.2) is 40.9 Å². The Balaban J connectivity index is 1.36. The number of hydrogen-bond acceptors (Lipinski definition) is 7. The monoisotopic (exact) mass is 459 g/mol. The fourth-order valence-electron chi connectivity index (χ4n) is 3.84. The van der Waals surface area contributed by atoms with E-state index in [-0.39, 0.29) is 17.5 Å². The molecule has 4 heterocycles. The predicted octanol–water partition coefficient (Wildman–Crippen LogP) is 2.98. The van der Waals surface area contributed by atoms with Gasteiger partial charge in [-0.1, -0.05) is 17.8 Å². The molecular formula is C21H22FN5O2S2. The van der Waals surface area contributed by atoms with Gasteiger partial charge in [0.15, 0.2) is 5.16 Å². The van der Waals surface area contributed by atoms with Gasteiger partial charge in [-0.25, -0.2) is 4.39 Å². The quantitative estimate of drug-likeness (QED) is 0.547. The van der Waals surface area contributed by atoms with Crippen molar-refractivity contribution in [1.82, 2.24) is 19.7 Å². The molecule has 1 saturated heterocycles. The molecular weight excluding hydrogens is 437 g/mol. The van der Waals surface area contributed by atoms with Crippen molar-refractivity contribution in [2.24, 2.45) is 0 Å². The van der Waals surface area contributed by atoms with Crippen molar-refractivity contribution in [2.45, 2.75) is 18.1 Å². The first-order valence-corrected chi connectivity index (χ1v) is 12.1. The molecule has 162 valence electrons. The van der Waals surface area contributed by atoms with Crippen molar-refractivity contribution >= 4 is 35.0 Å². The van der Waals surface area contributed by atoms with Crippen LogP contribution in [-0.4, -0.2) is 64.2 Å². The molecule has 0 radical (unpaired) electrons. The highest BCUT2D eigenvalue weighted by molar-refractivity contribution is 7.99. The summed E-state index contributed by atoms with van der Waals surface area (Å²) in [5.41, 5.74) is 1.88. The van der Waals surface area contributed by atoms with E-state index in [1.54, 1.807) is 17.4 Å². The maximum Gasteiger partial charge on any atom is 0.233 e. The minimum absolute atomic E-state index is 0.0727. The normalized spacial score (nSPS) is 16.4. The summed E-state index contributed by atoms with van der Waals surface area (Å²) in [5, 5.41) is 11.4. The Labute approximate surface area is 187 Å². The van der Waals surface area contributed by atoms with Crippen LogP contribution in [0.5, 0.6) is 0 Å². The highest BCUT2D eigenvalue weighted by atomic mass is 32.2. The Hall–Kier alpha value is -2.43. The third-order valence-corrected chi connectivity index (χ3v) is 7.40. The number of anilines is 1. The molecule has 0 unspecified atom stereocenters. The van der Waals surface area contributed by atoms with Gasteiger partial charge in [-0.2, -0.15) is 0 Å². The number of hydrogen-bond donors (Lipinski definition) is 0. The van der Waals surface area contributed by atoms with Gasteiger partial charge in [0.1, 0.15) is 5.82 Å². The van der Waals surface area contributed by atoms with E-state index in [4.69, 9.17) is 4.74 Å². The Morgan fingerprint density at radius 3 is 2.90 bits per heavy atom. The fraction of sp³-hybridized carbons (Fsp3) is 0.381. The zero-order valence-corrected chi connectivity index (χ0v) is 18.5. The van der Waals surface area contributed by atoms with Gasteiger partial charge in [-0.3, -0.25) is 9.36 Å². The van der Waals surface area contributed by atoms with Gasteiger partial charge < -0.3 is 14.5 Å². The smallest absolute Gasteiger partial charge is 0.233 e. The van der Waals surface area contributed by atoms with Crippen LogP contribution < -0.4 is 4.90 Å². The van der Waals surface area contributed by atoms with Crippen LogP contribution in [0.4, 0.5) is 10.3 Å². The van der Waals surface area contributed by atoms with Crippen LogP contribution in [0.2, 0.25) is 0 Å². The summed E-state index contributed by atoms with van der Waals surface area (Å²) in [6, 6.07) is 8.46. The summed E-state index contributed by atoms with van der Waals surface area (Å²) in [6.45, 7) is 3.99. The Bertz CT molecular complexity index is 1080. The van der Waals surface area contributed by atoms with E-state index in [0.29, 0.717) is 49.6 Å². The second kappa shape index (κ2) is 8.97. The second-order valence-corrected chi connectivity index (χ2v) is 9.36. The van der Waals surface area contributed by atoms with Crippen LogP contribution in [-0.2, 0) is 22.5 Å². The maximum atomic E-state index is 14.0. The van der Waals surface area contributed by atoms with E-state index in [1.807, 2.05) is 15.5 Å². The number of fused-ring (bicyclic) bond motifs is 1. The minimum Gasteiger partial charge on any atom is -0.378 e. The molecule has 2 aliphatic heterocycles. The highest BCUT2D eigenvalue weighted by Gasteiger charge is 2.25. The molecule has 1 fully saturated rings. The van der Waals surface area contributed by atoms with Gasteiger partial charge in [0, 0.05) is 31.1 Å². The lowest BCUT2D eigenvalue weighted by Crippen LogP contribution is -2.38. The molecule has 3 aromatic rings. The van der Waals surface area contributed by atoms with Crippen LogP contribution in [0.1, 0.15) is 10.4 Å². The van der Waals surface area contributed by atoms with Gasteiger partial charge >= 0.3 is 0 Å². The Morgan fingerprint density at radius 2 is 2.06 bits per heavy atom. The molecule has 0 saturated carbocycles. The third kappa shape index (κ3) is 4.32. The lowest BCUT2D eigenvalue weighted by molar-refractivity contribution is -0.129. The number of ether oxygens (including phenoxy) is 1. The number of rotatable bonds is 5. The van der Waals surface area contributed by atoms with E-state index in [0.717, 1.165) is 13.0 Å². The average molecular weight is 460 g/mol. The number of nitrogens with zero attached hydrogens (tertiary/aromatic N) is 5. The van der Waals surface area contributed by atoms with Crippen LogP contribution in [0.3, 0.4) is 0 Å². The summed E-state index contributed by atoms with van der Waals surface area (Å²) in [5.74, 6) is 0.648. The summed E-state index contributed by atoms with van der Waals surface area (Å²) in [4.78, 5) is 18.2. The lowest BCUT2D eigenvalue weighted by Gasteiger charge is -2.28. The highest BCUT2D eigenvalue weighted by Crippen LogP contribution is 2.29. The Morgan fingerprint density at radius 1 is 1.19 bits per heavy atom. The van der Waals surface area contributed by atoms with Crippen LogP contribution >= 0.6 is 23.1 Å². The number of halogens is 1. The molecule has 2 aromatic heterocycles. The van der Waals surface area contributed by atoms with Crippen molar-refractivity contribution in [2.75, 3.05) is 43.5 Å². The largest absolute Gasteiger partial charge is 0.378 e. The molecule has 10 heteroatoms. The zero-order valence-electron chi connectivity index (χ0n) is 16.9. The first-order chi connectivity index (χ1) is 15.2. The van der Waals surface area contributed by atoms with E-state index in [2.05, 4.69) is 26.5 Å². The number of carbonyl (C=O) groups is 1. The molecule has 0 bridgehead atoms. The van der Waals surface area contributed by atoms with Crippen molar-refractivity contribution in [1.29, 1.82) is 0 Å². The van der Waals surface area contributed by atoms with Crippen LogP contribution in [0, 0.1) is 5.82 Å². The molecule has 0 aliphatic carbocycles. The lowest BCUT2D eigenvalue weighted by atomic mass is 10.1. The number of aromatic nitrogens is 3. The molecule has 7 nitrogen and oxygen atoms in total. The topological polar surface area (TPSA) is 63.5 Å². The van der Waals surface area contributed by atoms with E-state index in [1.165, 1.54) is 34.3 Å². The number of morpholine rings is 1. The minimum atomic E-state index is -0.328.